The number of H-pyrrole nitrogens is 1. The van der Waals surface area contributed by atoms with Crippen LogP contribution in [0.1, 0.15) is 20.8 Å². The number of nitrogens with one attached hydrogen (secondary N) is 2. The van der Waals surface area contributed by atoms with Crippen molar-refractivity contribution in [2.45, 2.75) is 20.8 Å². The average molecular weight is 153 g/mol. The van der Waals surface area contributed by atoms with Crippen molar-refractivity contribution >= 4 is 5.69 Å². The van der Waals surface area contributed by atoms with Crippen LogP contribution in [0.5, 0.6) is 0 Å². The topological polar surface area (TPSA) is 40.7 Å². The van der Waals surface area contributed by atoms with E-state index in [0.717, 1.165) is 12.2 Å². The van der Waals surface area contributed by atoms with Gasteiger partial charge in [0.15, 0.2) is 0 Å². The van der Waals surface area contributed by atoms with Crippen molar-refractivity contribution in [2.24, 2.45) is 5.41 Å². The van der Waals surface area contributed by atoms with E-state index in [1.165, 1.54) is 0 Å². The molecule has 0 saturated heterocycles. The average Bonchev–Trinajstić information content (AvgIpc) is 2.32. The van der Waals surface area contributed by atoms with Crippen LogP contribution in [0, 0.1) is 5.41 Å². The van der Waals surface area contributed by atoms with E-state index < -0.39 is 0 Å². The first-order valence-electron chi connectivity index (χ1n) is 3.80. The van der Waals surface area contributed by atoms with E-state index in [1.54, 1.807) is 6.20 Å². The first-order valence-corrected chi connectivity index (χ1v) is 3.80. The van der Waals surface area contributed by atoms with E-state index in [1.807, 2.05) is 6.20 Å². The molecule has 3 nitrogen and oxygen atoms in total. The molecule has 0 aromatic carbocycles. The van der Waals surface area contributed by atoms with Gasteiger partial charge in [-0.25, -0.2) is 0 Å². The third kappa shape index (κ3) is 3.07. The zero-order valence-corrected chi connectivity index (χ0v) is 7.31. The Balaban J connectivity index is 2.35. The van der Waals surface area contributed by atoms with E-state index in [2.05, 4.69) is 36.3 Å². The number of anilines is 1. The minimum atomic E-state index is 0.317. The van der Waals surface area contributed by atoms with E-state index in [-0.39, 0.29) is 0 Å². The van der Waals surface area contributed by atoms with Gasteiger partial charge in [0.05, 0.1) is 11.9 Å². The lowest BCUT2D eigenvalue weighted by molar-refractivity contribution is 0.443. The molecule has 1 aromatic heterocycles. The van der Waals surface area contributed by atoms with Gasteiger partial charge in [-0.3, -0.25) is 5.10 Å². The number of hydrogen-bond donors (Lipinski definition) is 2. The first-order chi connectivity index (χ1) is 5.08. The third-order valence-corrected chi connectivity index (χ3v) is 1.32. The molecule has 3 heteroatoms. The van der Waals surface area contributed by atoms with Gasteiger partial charge in [-0.05, 0) is 5.41 Å². The lowest BCUT2D eigenvalue weighted by Gasteiger charge is -2.18. The van der Waals surface area contributed by atoms with Gasteiger partial charge < -0.3 is 5.32 Å². The lowest BCUT2D eigenvalue weighted by atomic mass is 9.97. The molecular formula is C8H15N3. The Morgan fingerprint density at radius 1 is 1.55 bits per heavy atom. The van der Waals surface area contributed by atoms with E-state index in [9.17, 15) is 0 Å². The van der Waals surface area contributed by atoms with E-state index in [4.69, 9.17) is 0 Å². The standard InChI is InChI=1S/C8H15N3/c1-8(2,3)6-9-7-4-10-11-5-7/h4-5,9H,6H2,1-3H3,(H,10,11). The van der Waals surface area contributed by atoms with Gasteiger partial charge in [-0.2, -0.15) is 5.10 Å². The number of aromatic nitrogens is 2. The highest BCUT2D eigenvalue weighted by Gasteiger charge is 2.08. The second kappa shape index (κ2) is 2.95. The molecule has 11 heavy (non-hydrogen) atoms. The molecule has 0 amide bonds. The summed E-state index contributed by atoms with van der Waals surface area (Å²) >= 11 is 0. The van der Waals surface area contributed by atoms with Crippen molar-refractivity contribution < 1.29 is 0 Å². The molecule has 0 saturated carbocycles. The lowest BCUT2D eigenvalue weighted by Crippen LogP contribution is -2.18. The minimum Gasteiger partial charge on any atom is -0.382 e. The highest BCUT2D eigenvalue weighted by molar-refractivity contribution is 5.37. The molecule has 0 spiro atoms. The molecule has 0 fully saturated rings. The van der Waals surface area contributed by atoms with Gasteiger partial charge in [0.1, 0.15) is 0 Å². The van der Waals surface area contributed by atoms with E-state index >= 15 is 0 Å². The van der Waals surface area contributed by atoms with Crippen LogP contribution in [-0.4, -0.2) is 16.7 Å². The van der Waals surface area contributed by atoms with Crippen molar-refractivity contribution in [1.82, 2.24) is 10.2 Å². The van der Waals surface area contributed by atoms with Gasteiger partial charge in [-0.1, -0.05) is 20.8 Å². The van der Waals surface area contributed by atoms with Crippen molar-refractivity contribution in [1.29, 1.82) is 0 Å². The smallest absolute Gasteiger partial charge is 0.0723 e. The predicted molar refractivity (Wildman–Crippen MR) is 46.5 cm³/mol. The SMILES string of the molecule is CC(C)(C)CNc1cn[nH]c1. The molecule has 0 bridgehead atoms. The largest absolute Gasteiger partial charge is 0.382 e. The Morgan fingerprint density at radius 2 is 2.27 bits per heavy atom. The summed E-state index contributed by atoms with van der Waals surface area (Å²) in [7, 11) is 0. The zero-order chi connectivity index (χ0) is 8.32. The summed E-state index contributed by atoms with van der Waals surface area (Å²) in [4.78, 5) is 0. The molecular weight excluding hydrogens is 138 g/mol. The molecule has 1 heterocycles. The van der Waals surface area contributed by atoms with Crippen LogP contribution in [0.4, 0.5) is 5.69 Å². The van der Waals surface area contributed by atoms with Gasteiger partial charge >= 0.3 is 0 Å². The summed E-state index contributed by atoms with van der Waals surface area (Å²) in [6.45, 7) is 7.55. The Kier molecular flexibility index (Phi) is 2.17. The summed E-state index contributed by atoms with van der Waals surface area (Å²) < 4.78 is 0. The summed E-state index contributed by atoms with van der Waals surface area (Å²) in [6, 6.07) is 0. The van der Waals surface area contributed by atoms with Crippen LogP contribution in [0.3, 0.4) is 0 Å². The highest BCUT2D eigenvalue weighted by atomic mass is 15.1. The maximum absolute atomic E-state index is 3.84. The summed E-state index contributed by atoms with van der Waals surface area (Å²) in [5.41, 5.74) is 1.37. The molecule has 0 aliphatic carbocycles. The van der Waals surface area contributed by atoms with Crippen LogP contribution < -0.4 is 5.32 Å². The summed E-state index contributed by atoms with van der Waals surface area (Å²) in [6.07, 6.45) is 3.64. The number of aromatic amines is 1. The number of nitrogens with zero attached hydrogens (tertiary/aromatic N) is 1. The fourth-order valence-corrected chi connectivity index (χ4v) is 0.715. The maximum atomic E-state index is 3.84. The number of rotatable bonds is 2. The first kappa shape index (κ1) is 8.11. The molecule has 62 valence electrons. The Bertz CT molecular complexity index is 196. The Labute approximate surface area is 67.2 Å². The molecule has 2 N–H and O–H groups in total. The quantitative estimate of drug-likeness (QED) is 0.681. The van der Waals surface area contributed by atoms with Crippen LogP contribution in [0.25, 0.3) is 0 Å². The monoisotopic (exact) mass is 153 g/mol. The van der Waals surface area contributed by atoms with Crippen LogP contribution in [-0.2, 0) is 0 Å². The minimum absolute atomic E-state index is 0.317. The molecule has 0 radical (unpaired) electrons. The van der Waals surface area contributed by atoms with Gasteiger partial charge in [-0.15, -0.1) is 0 Å². The Hall–Kier alpha value is -0.990. The summed E-state index contributed by atoms with van der Waals surface area (Å²) in [5.74, 6) is 0. The highest BCUT2D eigenvalue weighted by Crippen LogP contribution is 2.13. The van der Waals surface area contributed by atoms with Crippen molar-refractivity contribution in [3.05, 3.63) is 12.4 Å². The fourth-order valence-electron chi connectivity index (χ4n) is 0.715. The van der Waals surface area contributed by atoms with Crippen molar-refractivity contribution in [3.8, 4) is 0 Å². The second-order valence-corrected chi connectivity index (χ2v) is 3.90. The zero-order valence-electron chi connectivity index (χ0n) is 7.31. The van der Waals surface area contributed by atoms with E-state index in [0.29, 0.717) is 5.41 Å². The predicted octanol–water partition coefficient (Wildman–Crippen LogP) is 1.87. The normalized spacial score (nSPS) is 11.5. The van der Waals surface area contributed by atoms with Gasteiger partial charge in [0.2, 0.25) is 0 Å². The molecule has 0 atom stereocenters. The van der Waals surface area contributed by atoms with Crippen molar-refractivity contribution in [2.75, 3.05) is 11.9 Å². The molecule has 1 rings (SSSR count). The van der Waals surface area contributed by atoms with Gasteiger partial charge in [0.25, 0.3) is 0 Å². The second-order valence-electron chi connectivity index (χ2n) is 3.90. The third-order valence-electron chi connectivity index (χ3n) is 1.32. The van der Waals surface area contributed by atoms with Crippen LogP contribution in [0.2, 0.25) is 0 Å². The molecule has 1 aromatic rings. The number of hydrogen-bond acceptors (Lipinski definition) is 2. The molecule has 0 unspecified atom stereocenters. The fraction of sp³-hybridized carbons (Fsp3) is 0.625. The van der Waals surface area contributed by atoms with Gasteiger partial charge in [0, 0.05) is 12.7 Å². The Morgan fingerprint density at radius 3 is 2.73 bits per heavy atom. The van der Waals surface area contributed by atoms with Crippen LogP contribution >= 0.6 is 0 Å². The molecule has 0 aliphatic rings. The van der Waals surface area contributed by atoms with Crippen LogP contribution in [0.15, 0.2) is 12.4 Å². The summed E-state index contributed by atoms with van der Waals surface area (Å²) in [5, 5.41) is 9.86. The van der Waals surface area contributed by atoms with Crippen molar-refractivity contribution in [3.63, 3.8) is 0 Å². The maximum Gasteiger partial charge on any atom is 0.0723 e. The molecule has 0 aliphatic heterocycles.